The molecule has 10 nitrogen and oxygen atoms in total. The quantitative estimate of drug-likeness (QED) is 0.109. The summed E-state index contributed by atoms with van der Waals surface area (Å²) in [5, 5.41) is 10.8. The van der Waals surface area contributed by atoms with Gasteiger partial charge in [0.15, 0.2) is 0 Å². The standard InChI is InChI=1S/C46H46N2O8S2/c1-53-31-21-30(22-32(24-31)54-2)39-23-29(40(56-39)25-41-42(49)48(45(57)58-41)38-20-27-14-15-28(38)19-27)9-7-16-46(43(50)51)17-8-18-47(46)44(52)55-26-37-35-12-5-3-10-33(35)34-11-4-6-13-36(34)37/h3-6,10-13,21-25,27-28,37-38H,7-9,14-20,26H2,1-2H3,(H,50,51)/t27?,28?,38?,46-/m0/s1. The van der Waals surface area contributed by atoms with Crippen LogP contribution in [0, 0.1) is 11.8 Å². The summed E-state index contributed by atoms with van der Waals surface area (Å²) >= 11 is 7.10. The van der Waals surface area contributed by atoms with E-state index in [0.717, 1.165) is 52.6 Å². The topological polar surface area (TPSA) is 119 Å². The number of hydrogen-bond acceptors (Lipinski definition) is 9. The second kappa shape index (κ2) is 15.6. The molecule has 4 fully saturated rings. The summed E-state index contributed by atoms with van der Waals surface area (Å²) in [5.41, 5.74) is 4.56. The first-order valence-electron chi connectivity index (χ1n) is 20.2. The lowest BCUT2D eigenvalue weighted by Crippen LogP contribution is -2.53. The van der Waals surface area contributed by atoms with Gasteiger partial charge in [0.2, 0.25) is 0 Å². The Bertz CT molecular complexity index is 2270. The highest BCUT2D eigenvalue weighted by molar-refractivity contribution is 8.26. The number of fused-ring (bicyclic) bond motifs is 5. The Morgan fingerprint density at radius 3 is 2.33 bits per heavy atom. The number of carbonyl (C=O) groups is 3. The van der Waals surface area contributed by atoms with E-state index in [-0.39, 0.29) is 30.9 Å². The van der Waals surface area contributed by atoms with Gasteiger partial charge < -0.3 is 23.7 Å². The van der Waals surface area contributed by atoms with Gasteiger partial charge in [0.1, 0.15) is 39.5 Å². The van der Waals surface area contributed by atoms with Crippen molar-refractivity contribution in [3.63, 3.8) is 0 Å². The van der Waals surface area contributed by atoms with Crippen molar-refractivity contribution >= 4 is 52.3 Å². The molecule has 3 aliphatic carbocycles. The van der Waals surface area contributed by atoms with Crippen LogP contribution in [0.15, 0.2) is 82.1 Å². The third kappa shape index (κ3) is 6.77. The van der Waals surface area contributed by atoms with Crippen LogP contribution in [-0.2, 0) is 20.7 Å². The Morgan fingerprint density at radius 1 is 0.983 bits per heavy atom. The maximum atomic E-state index is 14.0. The highest BCUT2D eigenvalue weighted by Gasteiger charge is 2.51. The van der Waals surface area contributed by atoms with Crippen LogP contribution in [0.25, 0.3) is 28.5 Å². The number of carbonyl (C=O) groups excluding carboxylic acids is 2. The van der Waals surface area contributed by atoms with Crippen molar-refractivity contribution in [3.05, 3.63) is 100 Å². The zero-order valence-corrected chi connectivity index (χ0v) is 34.2. The Morgan fingerprint density at radius 2 is 1.69 bits per heavy atom. The van der Waals surface area contributed by atoms with Crippen molar-refractivity contribution in [2.75, 3.05) is 27.4 Å². The van der Waals surface area contributed by atoms with E-state index in [4.69, 9.17) is 30.8 Å². The molecule has 2 bridgehead atoms. The van der Waals surface area contributed by atoms with E-state index in [1.807, 2.05) is 47.4 Å². The first-order chi connectivity index (χ1) is 28.2. The van der Waals surface area contributed by atoms with Crippen LogP contribution in [0.4, 0.5) is 4.79 Å². The van der Waals surface area contributed by atoms with Crippen LogP contribution < -0.4 is 9.47 Å². The van der Waals surface area contributed by atoms with Crippen LogP contribution >= 0.6 is 24.0 Å². The Balaban J connectivity index is 0.954. The summed E-state index contributed by atoms with van der Waals surface area (Å²) in [5.74, 6) is 2.14. The van der Waals surface area contributed by atoms with Crippen LogP contribution in [0.2, 0.25) is 0 Å². The number of rotatable bonds is 12. The molecule has 1 aromatic heterocycles. The van der Waals surface area contributed by atoms with Crippen LogP contribution in [-0.4, -0.2) is 76.1 Å². The molecule has 9 rings (SSSR count). The van der Waals surface area contributed by atoms with Crippen molar-refractivity contribution in [2.24, 2.45) is 11.8 Å². The lowest BCUT2D eigenvalue weighted by molar-refractivity contribution is -0.149. The summed E-state index contributed by atoms with van der Waals surface area (Å²) in [6.07, 6.45) is 7.67. The van der Waals surface area contributed by atoms with Gasteiger partial charge in [-0.05, 0) is 109 Å². The lowest BCUT2D eigenvalue weighted by atomic mass is 9.89. The van der Waals surface area contributed by atoms with Gasteiger partial charge in [-0.1, -0.05) is 78.9 Å². The number of benzene rings is 3. The van der Waals surface area contributed by atoms with E-state index < -0.39 is 17.6 Å². The van der Waals surface area contributed by atoms with E-state index in [1.165, 1.54) is 23.1 Å². The van der Waals surface area contributed by atoms with Crippen LogP contribution in [0.5, 0.6) is 11.5 Å². The minimum Gasteiger partial charge on any atom is -0.497 e. The molecule has 3 aromatic carbocycles. The van der Waals surface area contributed by atoms with Crippen LogP contribution in [0.1, 0.15) is 79.7 Å². The molecule has 4 aromatic rings. The number of carboxylic acid groups (broad SMARTS) is 1. The van der Waals surface area contributed by atoms with Gasteiger partial charge >= 0.3 is 12.1 Å². The fraction of sp³-hybridized carbons (Fsp3) is 0.391. The molecular formula is C46H46N2O8S2. The van der Waals surface area contributed by atoms with Gasteiger partial charge in [0, 0.05) is 36.2 Å². The summed E-state index contributed by atoms with van der Waals surface area (Å²) in [4.78, 5) is 44.8. The number of methoxy groups -OCH3 is 2. The van der Waals surface area contributed by atoms with Crippen molar-refractivity contribution < 1.29 is 38.1 Å². The first-order valence-corrected chi connectivity index (χ1v) is 21.4. The monoisotopic (exact) mass is 818 g/mol. The molecule has 5 aliphatic rings. The molecule has 3 unspecified atom stereocenters. The van der Waals surface area contributed by atoms with Crippen molar-refractivity contribution in [2.45, 2.75) is 75.3 Å². The summed E-state index contributed by atoms with van der Waals surface area (Å²) in [6.45, 7) is 0.412. The smallest absolute Gasteiger partial charge is 0.410 e. The molecule has 300 valence electrons. The second-order valence-electron chi connectivity index (χ2n) is 16.1. The molecular weight excluding hydrogens is 773 g/mol. The zero-order valence-electron chi connectivity index (χ0n) is 32.6. The highest BCUT2D eigenvalue weighted by atomic mass is 32.2. The predicted octanol–water partition coefficient (Wildman–Crippen LogP) is 9.54. The average molecular weight is 819 g/mol. The molecule has 2 saturated heterocycles. The summed E-state index contributed by atoms with van der Waals surface area (Å²) < 4.78 is 24.2. The molecule has 2 saturated carbocycles. The number of furan rings is 1. The number of amides is 2. The van der Waals surface area contributed by atoms with Gasteiger partial charge in [-0.2, -0.15) is 0 Å². The fourth-order valence-electron chi connectivity index (χ4n) is 10.2. The Labute approximate surface area is 347 Å². The Kier molecular flexibility index (Phi) is 10.3. The molecule has 0 radical (unpaired) electrons. The van der Waals surface area contributed by atoms with E-state index in [9.17, 15) is 19.5 Å². The number of nitrogens with zero attached hydrogens (tertiary/aromatic N) is 2. The van der Waals surface area contributed by atoms with Gasteiger partial charge in [-0.25, -0.2) is 9.59 Å². The Hall–Kier alpha value is -5.07. The minimum atomic E-state index is -1.42. The van der Waals surface area contributed by atoms with Gasteiger partial charge in [-0.3, -0.25) is 14.6 Å². The third-order valence-electron chi connectivity index (χ3n) is 13.1. The maximum absolute atomic E-state index is 14.0. The number of aliphatic carboxylic acids is 1. The normalized spacial score (nSPS) is 24.2. The number of hydrogen-bond donors (Lipinski definition) is 1. The van der Waals surface area contributed by atoms with Gasteiger partial charge in [0.05, 0.1) is 19.1 Å². The number of likely N-dealkylation sites (tertiary alicyclic amines) is 1. The number of thioether (sulfide) groups is 1. The molecule has 2 aliphatic heterocycles. The molecule has 12 heteroatoms. The maximum Gasteiger partial charge on any atom is 0.410 e. The average Bonchev–Trinajstić information content (AvgIpc) is 4.10. The van der Waals surface area contributed by atoms with E-state index in [1.54, 1.807) is 26.4 Å². The summed E-state index contributed by atoms with van der Waals surface area (Å²) in [6, 6.07) is 23.8. The largest absolute Gasteiger partial charge is 0.497 e. The van der Waals surface area contributed by atoms with Crippen molar-refractivity contribution in [1.29, 1.82) is 0 Å². The molecule has 0 spiro atoms. The lowest BCUT2D eigenvalue weighted by Gasteiger charge is -2.34. The van der Waals surface area contributed by atoms with Gasteiger partial charge in [0.25, 0.3) is 5.91 Å². The molecule has 58 heavy (non-hydrogen) atoms. The second-order valence-corrected chi connectivity index (χ2v) is 17.8. The zero-order chi connectivity index (χ0) is 40.1. The number of carboxylic acids is 1. The summed E-state index contributed by atoms with van der Waals surface area (Å²) in [7, 11) is 3.17. The number of ether oxygens (including phenoxy) is 3. The van der Waals surface area contributed by atoms with Crippen LogP contribution in [0.3, 0.4) is 0 Å². The van der Waals surface area contributed by atoms with E-state index in [2.05, 4.69) is 24.3 Å². The predicted molar refractivity (Wildman–Crippen MR) is 226 cm³/mol. The number of thiocarbonyl (C=S) groups is 1. The van der Waals surface area contributed by atoms with Crippen molar-refractivity contribution in [1.82, 2.24) is 9.80 Å². The first kappa shape index (κ1) is 38.4. The minimum absolute atomic E-state index is 0.0889. The SMILES string of the molecule is COc1cc(OC)cc(-c2cc(CCC[C@@]3(C(=O)O)CCCN3C(=O)OCC3c4ccccc4-c4ccccc43)c(C=C3SC(=S)N(C4CC5CCC4C5)C3=O)o2)c1. The van der Waals surface area contributed by atoms with Gasteiger partial charge in [-0.15, -0.1) is 0 Å². The number of aryl methyl sites for hydroxylation is 1. The van der Waals surface area contributed by atoms with Crippen molar-refractivity contribution in [3.8, 4) is 33.9 Å². The molecule has 1 N–H and O–H groups in total. The molecule has 3 heterocycles. The molecule has 4 atom stereocenters. The van der Waals surface area contributed by atoms with E-state index in [0.29, 0.717) is 76.3 Å². The fourth-order valence-corrected chi connectivity index (χ4v) is 11.6. The highest BCUT2D eigenvalue weighted by Crippen LogP contribution is 2.50. The molecule has 2 amide bonds. The van der Waals surface area contributed by atoms with E-state index >= 15 is 0 Å². The third-order valence-corrected chi connectivity index (χ3v) is 14.4.